The Morgan fingerprint density at radius 3 is 2.57 bits per heavy atom. The van der Waals surface area contributed by atoms with Gasteiger partial charge in [-0.3, -0.25) is 0 Å². The molecule has 0 saturated heterocycles. The van der Waals surface area contributed by atoms with E-state index in [1.807, 2.05) is 25.5 Å². The largest absolute Gasteiger partial charge is 0.371 e. The molecule has 1 N–H and O–H groups in total. The van der Waals surface area contributed by atoms with Gasteiger partial charge in [0.2, 0.25) is 0 Å². The predicted molar refractivity (Wildman–Crippen MR) is 89.7 cm³/mol. The van der Waals surface area contributed by atoms with E-state index in [1.165, 1.54) is 28.4 Å². The summed E-state index contributed by atoms with van der Waals surface area (Å²) in [6, 6.07) is 0. The molecule has 2 rings (SSSR count). The summed E-state index contributed by atoms with van der Waals surface area (Å²) in [5, 5.41) is 4.49. The zero-order valence-electron chi connectivity index (χ0n) is 14.2. The molecule has 1 aliphatic carbocycles. The molecule has 0 radical (unpaired) electrons. The lowest BCUT2D eigenvalue weighted by molar-refractivity contribution is -0.0532. The fourth-order valence-corrected chi connectivity index (χ4v) is 4.48. The van der Waals surface area contributed by atoms with Crippen LogP contribution in [-0.4, -0.2) is 19.1 Å². The first-order chi connectivity index (χ1) is 10.0. The topological polar surface area (TPSA) is 34.1 Å². The highest BCUT2D eigenvalue weighted by Crippen LogP contribution is 2.44. The monoisotopic (exact) mass is 310 g/mol. The number of hydrogen-bond acceptors (Lipinski definition) is 4. The van der Waals surface area contributed by atoms with Gasteiger partial charge in [-0.2, -0.15) is 0 Å². The van der Waals surface area contributed by atoms with Crippen LogP contribution in [0.5, 0.6) is 0 Å². The van der Waals surface area contributed by atoms with E-state index >= 15 is 0 Å². The van der Waals surface area contributed by atoms with Crippen LogP contribution in [0.15, 0.2) is 0 Å². The summed E-state index contributed by atoms with van der Waals surface area (Å²) < 4.78 is 5.99. The highest BCUT2D eigenvalue weighted by atomic mass is 32.1. The minimum Gasteiger partial charge on any atom is -0.371 e. The summed E-state index contributed by atoms with van der Waals surface area (Å²) in [5.41, 5.74) is 1.14. The van der Waals surface area contributed by atoms with Crippen molar-refractivity contribution in [3.63, 3.8) is 0 Å². The van der Waals surface area contributed by atoms with Gasteiger partial charge in [0.05, 0.1) is 5.69 Å². The molecule has 1 saturated carbocycles. The van der Waals surface area contributed by atoms with Gasteiger partial charge in [0.25, 0.3) is 0 Å². The van der Waals surface area contributed by atoms with Gasteiger partial charge in [-0.25, -0.2) is 4.98 Å². The molecule has 1 aromatic rings. The lowest BCUT2D eigenvalue weighted by Gasteiger charge is -2.36. The molecule has 4 heteroatoms. The SMILES string of the molecule is CNCc1sc(C2(OC)CCC(C)CC2)nc1CC(C)C. The minimum atomic E-state index is -0.130. The molecule has 1 aromatic heterocycles. The lowest BCUT2D eigenvalue weighted by Crippen LogP contribution is -2.33. The maximum Gasteiger partial charge on any atom is 0.125 e. The number of thiazole rings is 1. The first-order valence-corrected chi connectivity index (χ1v) is 9.01. The Morgan fingerprint density at radius 1 is 1.38 bits per heavy atom. The Bertz CT molecular complexity index is 448. The van der Waals surface area contributed by atoms with Gasteiger partial charge in [-0.05, 0) is 51.0 Å². The number of nitrogens with one attached hydrogen (secondary N) is 1. The van der Waals surface area contributed by atoms with Crippen molar-refractivity contribution in [2.45, 2.75) is 65.0 Å². The van der Waals surface area contributed by atoms with Crippen molar-refractivity contribution in [2.75, 3.05) is 14.2 Å². The molecule has 21 heavy (non-hydrogen) atoms. The molecule has 0 amide bonds. The Labute approximate surface area is 133 Å². The van der Waals surface area contributed by atoms with Crippen molar-refractivity contribution in [3.8, 4) is 0 Å². The quantitative estimate of drug-likeness (QED) is 0.858. The number of nitrogens with zero attached hydrogens (tertiary/aromatic N) is 1. The molecule has 0 aromatic carbocycles. The molecule has 0 atom stereocenters. The third-order valence-corrected chi connectivity index (χ3v) is 5.86. The molecule has 120 valence electrons. The van der Waals surface area contributed by atoms with Gasteiger partial charge in [-0.15, -0.1) is 11.3 Å². The van der Waals surface area contributed by atoms with Gasteiger partial charge < -0.3 is 10.1 Å². The van der Waals surface area contributed by atoms with Crippen LogP contribution >= 0.6 is 11.3 Å². The van der Waals surface area contributed by atoms with E-state index in [0.29, 0.717) is 5.92 Å². The van der Waals surface area contributed by atoms with Crippen LogP contribution in [0.25, 0.3) is 0 Å². The van der Waals surface area contributed by atoms with E-state index in [-0.39, 0.29) is 5.60 Å². The summed E-state index contributed by atoms with van der Waals surface area (Å²) in [6.07, 6.45) is 5.77. The van der Waals surface area contributed by atoms with Crippen molar-refractivity contribution in [2.24, 2.45) is 11.8 Å². The van der Waals surface area contributed by atoms with Gasteiger partial charge in [-0.1, -0.05) is 20.8 Å². The number of hydrogen-bond donors (Lipinski definition) is 1. The molecule has 1 heterocycles. The fourth-order valence-electron chi connectivity index (χ4n) is 3.16. The third kappa shape index (κ3) is 3.85. The number of ether oxygens (including phenoxy) is 1. The Balaban J connectivity index is 2.28. The van der Waals surface area contributed by atoms with E-state index in [4.69, 9.17) is 9.72 Å². The lowest BCUT2D eigenvalue weighted by atomic mass is 9.80. The van der Waals surface area contributed by atoms with Gasteiger partial charge in [0, 0.05) is 18.5 Å². The van der Waals surface area contributed by atoms with E-state index in [0.717, 1.165) is 31.7 Å². The van der Waals surface area contributed by atoms with E-state index in [9.17, 15) is 0 Å². The van der Waals surface area contributed by atoms with Crippen LogP contribution in [0.4, 0.5) is 0 Å². The van der Waals surface area contributed by atoms with Gasteiger partial charge in [0.15, 0.2) is 0 Å². The second-order valence-electron chi connectivity index (χ2n) is 6.90. The minimum absolute atomic E-state index is 0.130. The number of rotatable bonds is 6. The molecule has 0 unspecified atom stereocenters. The number of methoxy groups -OCH3 is 1. The molecular formula is C17H30N2OS. The maximum absolute atomic E-state index is 5.99. The first-order valence-electron chi connectivity index (χ1n) is 8.19. The van der Waals surface area contributed by atoms with Crippen molar-refractivity contribution in [3.05, 3.63) is 15.6 Å². The average Bonchev–Trinajstić information content (AvgIpc) is 2.83. The third-order valence-electron chi connectivity index (χ3n) is 4.58. The molecule has 0 spiro atoms. The van der Waals surface area contributed by atoms with Crippen LogP contribution in [0.2, 0.25) is 0 Å². The van der Waals surface area contributed by atoms with Crippen LogP contribution in [0.3, 0.4) is 0 Å². The van der Waals surface area contributed by atoms with Crippen molar-refractivity contribution < 1.29 is 4.74 Å². The van der Waals surface area contributed by atoms with Crippen LogP contribution < -0.4 is 5.32 Å². The first kappa shape index (κ1) is 16.9. The highest BCUT2D eigenvalue weighted by Gasteiger charge is 2.39. The zero-order valence-corrected chi connectivity index (χ0v) is 15.0. The summed E-state index contributed by atoms with van der Waals surface area (Å²) >= 11 is 1.86. The summed E-state index contributed by atoms with van der Waals surface area (Å²) in [7, 11) is 3.87. The molecule has 1 aliphatic rings. The summed E-state index contributed by atoms with van der Waals surface area (Å²) in [6.45, 7) is 7.78. The smallest absolute Gasteiger partial charge is 0.125 e. The van der Waals surface area contributed by atoms with E-state index in [1.54, 1.807) is 0 Å². The van der Waals surface area contributed by atoms with Crippen molar-refractivity contribution >= 4 is 11.3 Å². The molecule has 1 fully saturated rings. The Kier molecular flexibility index (Phi) is 5.81. The molecule has 0 aliphatic heterocycles. The summed E-state index contributed by atoms with van der Waals surface area (Å²) in [4.78, 5) is 6.40. The van der Waals surface area contributed by atoms with Crippen LogP contribution in [0, 0.1) is 11.8 Å². The highest BCUT2D eigenvalue weighted by molar-refractivity contribution is 7.11. The second-order valence-corrected chi connectivity index (χ2v) is 7.98. The van der Waals surface area contributed by atoms with Crippen molar-refractivity contribution in [1.29, 1.82) is 0 Å². The Morgan fingerprint density at radius 2 is 2.05 bits per heavy atom. The zero-order chi connectivity index (χ0) is 15.5. The normalized spacial score (nSPS) is 26.5. The van der Waals surface area contributed by atoms with Crippen LogP contribution in [-0.2, 0) is 23.3 Å². The molecule has 3 nitrogen and oxygen atoms in total. The maximum atomic E-state index is 5.99. The fraction of sp³-hybridized carbons (Fsp3) is 0.824. The Hall–Kier alpha value is -0.450. The number of aromatic nitrogens is 1. The van der Waals surface area contributed by atoms with Gasteiger partial charge >= 0.3 is 0 Å². The van der Waals surface area contributed by atoms with Crippen LogP contribution in [0.1, 0.15) is 62.0 Å². The van der Waals surface area contributed by atoms with Crippen molar-refractivity contribution in [1.82, 2.24) is 10.3 Å². The second kappa shape index (κ2) is 7.21. The predicted octanol–water partition coefficient (Wildman–Crippen LogP) is 4.11. The molecular weight excluding hydrogens is 280 g/mol. The van der Waals surface area contributed by atoms with E-state index in [2.05, 4.69) is 26.1 Å². The average molecular weight is 311 g/mol. The summed E-state index contributed by atoms with van der Waals surface area (Å²) in [5.74, 6) is 1.46. The standard InChI is InChI=1S/C17H30N2OS/c1-12(2)10-14-15(11-18-4)21-16(19-14)17(20-5)8-6-13(3)7-9-17/h12-13,18H,6-11H2,1-5H3. The van der Waals surface area contributed by atoms with Gasteiger partial charge in [0.1, 0.15) is 10.6 Å². The molecule has 0 bridgehead atoms. The van der Waals surface area contributed by atoms with E-state index < -0.39 is 0 Å².